The van der Waals surface area contributed by atoms with Gasteiger partial charge in [0.25, 0.3) is 5.91 Å². The summed E-state index contributed by atoms with van der Waals surface area (Å²) in [5, 5.41) is 7.36. The van der Waals surface area contributed by atoms with Crippen LogP contribution in [0.15, 0.2) is 24.3 Å². The maximum absolute atomic E-state index is 12.3. The summed E-state index contributed by atoms with van der Waals surface area (Å²) >= 11 is 0. The molecule has 1 aromatic heterocycles. The van der Waals surface area contributed by atoms with Crippen LogP contribution in [0.4, 0.5) is 0 Å². The standard InChI is InChI=1S/C18H25N3O2S/c1-12-8-13(2)10-16(9-12)21-14(3)11-17(20-21)18(22)19-7-6-15(4)24(5)23/h8-11,15H,6-7H2,1-5H3,(H,19,22)/t15-,24-/m1/s1. The van der Waals surface area contributed by atoms with Crippen LogP contribution in [0.1, 0.15) is 40.7 Å². The van der Waals surface area contributed by atoms with Crippen molar-refractivity contribution in [2.45, 2.75) is 39.4 Å². The second-order valence-electron chi connectivity index (χ2n) is 6.28. The molecule has 1 heterocycles. The molecular formula is C18H25N3O2S. The molecule has 6 heteroatoms. The van der Waals surface area contributed by atoms with Crippen LogP contribution >= 0.6 is 0 Å². The van der Waals surface area contributed by atoms with Gasteiger partial charge in [0.2, 0.25) is 0 Å². The molecule has 2 atom stereocenters. The number of hydrogen-bond acceptors (Lipinski definition) is 3. The number of hydrogen-bond donors (Lipinski definition) is 1. The molecule has 0 saturated heterocycles. The average Bonchev–Trinajstić information content (AvgIpc) is 2.88. The fourth-order valence-corrected chi connectivity index (χ4v) is 3.01. The molecule has 24 heavy (non-hydrogen) atoms. The molecule has 0 aliphatic rings. The summed E-state index contributed by atoms with van der Waals surface area (Å²) in [6.07, 6.45) is 2.37. The van der Waals surface area contributed by atoms with Crippen molar-refractivity contribution in [2.24, 2.45) is 0 Å². The number of carbonyl (C=O) groups excluding carboxylic acids is 1. The first kappa shape index (κ1) is 18.4. The molecule has 0 radical (unpaired) electrons. The Bertz CT molecular complexity index is 747. The van der Waals surface area contributed by atoms with Crippen LogP contribution in [0, 0.1) is 20.8 Å². The molecule has 5 nitrogen and oxygen atoms in total. The van der Waals surface area contributed by atoms with Gasteiger partial charge in [-0.25, -0.2) is 4.68 Å². The molecule has 0 bridgehead atoms. The van der Waals surface area contributed by atoms with Crippen molar-refractivity contribution in [3.05, 3.63) is 46.8 Å². The Morgan fingerprint density at radius 3 is 2.42 bits per heavy atom. The summed E-state index contributed by atoms with van der Waals surface area (Å²) in [5.74, 6) is -0.199. The fourth-order valence-electron chi connectivity index (χ4n) is 2.57. The third kappa shape index (κ3) is 4.54. The quantitative estimate of drug-likeness (QED) is 0.874. The molecular weight excluding hydrogens is 322 g/mol. The molecule has 0 fully saturated rings. The van der Waals surface area contributed by atoms with Crippen LogP contribution in [0.25, 0.3) is 5.69 Å². The Kier molecular flexibility index (Phi) is 5.94. The van der Waals surface area contributed by atoms with Crippen molar-refractivity contribution in [3.8, 4) is 5.69 Å². The summed E-state index contributed by atoms with van der Waals surface area (Å²) < 4.78 is 13.1. The van der Waals surface area contributed by atoms with Gasteiger partial charge >= 0.3 is 0 Å². The molecule has 0 unspecified atom stereocenters. The zero-order valence-electron chi connectivity index (χ0n) is 14.9. The number of nitrogens with zero attached hydrogens (tertiary/aromatic N) is 2. The topological polar surface area (TPSA) is 64.0 Å². The monoisotopic (exact) mass is 347 g/mol. The smallest absolute Gasteiger partial charge is 0.271 e. The summed E-state index contributed by atoms with van der Waals surface area (Å²) in [7, 11) is -0.870. The number of benzene rings is 1. The first-order valence-electron chi connectivity index (χ1n) is 8.03. The minimum Gasteiger partial charge on any atom is -0.351 e. The lowest BCUT2D eigenvalue weighted by molar-refractivity contribution is 0.0948. The van der Waals surface area contributed by atoms with E-state index >= 15 is 0 Å². The van der Waals surface area contributed by atoms with Crippen LogP contribution in [-0.4, -0.2) is 37.9 Å². The normalized spacial score (nSPS) is 13.5. The molecule has 130 valence electrons. The van der Waals surface area contributed by atoms with Gasteiger partial charge in [0.15, 0.2) is 5.69 Å². The molecule has 1 aromatic carbocycles. The molecule has 0 aliphatic carbocycles. The molecule has 0 saturated carbocycles. The van der Waals surface area contributed by atoms with Gasteiger partial charge in [-0.2, -0.15) is 5.10 Å². The van der Waals surface area contributed by atoms with E-state index in [-0.39, 0.29) is 11.2 Å². The van der Waals surface area contributed by atoms with E-state index in [0.29, 0.717) is 18.7 Å². The molecule has 2 aromatic rings. The van der Waals surface area contributed by atoms with E-state index in [0.717, 1.165) is 22.5 Å². The Morgan fingerprint density at radius 2 is 1.83 bits per heavy atom. The molecule has 1 amide bonds. The van der Waals surface area contributed by atoms with E-state index in [1.54, 1.807) is 17.0 Å². The fraction of sp³-hybridized carbons (Fsp3) is 0.444. The van der Waals surface area contributed by atoms with E-state index in [4.69, 9.17) is 0 Å². The number of carbonyl (C=O) groups is 1. The molecule has 0 aliphatic heterocycles. The van der Waals surface area contributed by atoms with Gasteiger partial charge in [-0.1, -0.05) is 13.0 Å². The third-order valence-corrected chi connectivity index (χ3v) is 5.34. The van der Waals surface area contributed by atoms with Gasteiger partial charge in [0.05, 0.1) is 5.69 Å². The van der Waals surface area contributed by atoms with E-state index in [9.17, 15) is 9.00 Å². The van der Waals surface area contributed by atoms with Crippen molar-refractivity contribution < 1.29 is 9.00 Å². The highest BCUT2D eigenvalue weighted by molar-refractivity contribution is 7.84. The van der Waals surface area contributed by atoms with Crippen molar-refractivity contribution in [2.75, 3.05) is 12.8 Å². The van der Waals surface area contributed by atoms with Gasteiger partial charge in [-0.15, -0.1) is 0 Å². The number of amides is 1. The predicted octanol–water partition coefficient (Wildman–Crippen LogP) is 2.68. The highest BCUT2D eigenvalue weighted by atomic mass is 32.2. The number of aryl methyl sites for hydroxylation is 3. The number of rotatable bonds is 6. The maximum atomic E-state index is 12.3. The maximum Gasteiger partial charge on any atom is 0.271 e. The molecule has 2 rings (SSSR count). The van der Waals surface area contributed by atoms with Crippen molar-refractivity contribution in [3.63, 3.8) is 0 Å². The zero-order valence-corrected chi connectivity index (χ0v) is 15.7. The minimum atomic E-state index is -0.870. The lowest BCUT2D eigenvalue weighted by atomic mass is 10.1. The predicted molar refractivity (Wildman–Crippen MR) is 98.3 cm³/mol. The van der Waals surface area contributed by atoms with Gasteiger partial charge in [0, 0.05) is 34.5 Å². The van der Waals surface area contributed by atoms with Crippen LogP contribution in [0.5, 0.6) is 0 Å². The highest BCUT2D eigenvalue weighted by Crippen LogP contribution is 2.16. The first-order valence-corrected chi connectivity index (χ1v) is 9.66. The lowest BCUT2D eigenvalue weighted by Gasteiger charge is -2.08. The number of nitrogens with one attached hydrogen (secondary N) is 1. The Hall–Kier alpha value is -1.95. The SMILES string of the molecule is Cc1cc(C)cc(-n2nc(C(=O)NCC[C@@H](C)[S@@](C)=O)cc2C)c1. The minimum absolute atomic E-state index is 0.0693. The second-order valence-corrected chi connectivity index (χ2v) is 8.08. The summed E-state index contributed by atoms with van der Waals surface area (Å²) in [6, 6.07) is 7.99. The molecule has 0 spiro atoms. The lowest BCUT2D eigenvalue weighted by Crippen LogP contribution is -2.27. The summed E-state index contributed by atoms with van der Waals surface area (Å²) in [5.41, 5.74) is 4.59. The van der Waals surface area contributed by atoms with Gasteiger partial charge < -0.3 is 5.32 Å². The van der Waals surface area contributed by atoms with E-state index in [1.165, 1.54) is 0 Å². The second kappa shape index (κ2) is 7.75. The summed E-state index contributed by atoms with van der Waals surface area (Å²) in [6.45, 7) is 8.43. The highest BCUT2D eigenvalue weighted by Gasteiger charge is 2.14. The van der Waals surface area contributed by atoms with Crippen molar-refractivity contribution in [1.29, 1.82) is 0 Å². The average molecular weight is 347 g/mol. The van der Waals surface area contributed by atoms with Crippen molar-refractivity contribution in [1.82, 2.24) is 15.1 Å². The van der Waals surface area contributed by atoms with E-state index in [2.05, 4.69) is 16.5 Å². The van der Waals surface area contributed by atoms with Crippen LogP contribution < -0.4 is 5.32 Å². The van der Waals surface area contributed by atoms with E-state index in [1.807, 2.05) is 39.8 Å². The Labute approximate surface area is 145 Å². The van der Waals surface area contributed by atoms with Gasteiger partial charge in [-0.3, -0.25) is 9.00 Å². The Balaban J connectivity index is 2.10. The Morgan fingerprint density at radius 1 is 1.21 bits per heavy atom. The third-order valence-electron chi connectivity index (χ3n) is 3.97. The van der Waals surface area contributed by atoms with Crippen LogP contribution in [-0.2, 0) is 10.8 Å². The van der Waals surface area contributed by atoms with Crippen LogP contribution in [0.3, 0.4) is 0 Å². The van der Waals surface area contributed by atoms with E-state index < -0.39 is 10.8 Å². The first-order chi connectivity index (χ1) is 11.3. The summed E-state index contributed by atoms with van der Waals surface area (Å²) in [4.78, 5) is 12.3. The van der Waals surface area contributed by atoms with Gasteiger partial charge in [0.1, 0.15) is 0 Å². The van der Waals surface area contributed by atoms with Gasteiger partial charge in [-0.05, 0) is 56.5 Å². The zero-order chi connectivity index (χ0) is 17.9. The van der Waals surface area contributed by atoms with Crippen LogP contribution in [0.2, 0.25) is 0 Å². The number of aromatic nitrogens is 2. The molecule has 1 N–H and O–H groups in total. The largest absolute Gasteiger partial charge is 0.351 e. The van der Waals surface area contributed by atoms with Crippen molar-refractivity contribution >= 4 is 16.7 Å².